The Balaban J connectivity index is 1.85. The number of imidazole rings is 1. The summed E-state index contributed by atoms with van der Waals surface area (Å²) in [5.74, 6) is 0.804. The fourth-order valence-corrected chi connectivity index (χ4v) is 3.56. The van der Waals surface area contributed by atoms with Gasteiger partial charge >= 0.3 is 0 Å². The number of aryl methyl sites for hydroxylation is 1. The first-order chi connectivity index (χ1) is 13.5. The van der Waals surface area contributed by atoms with Crippen molar-refractivity contribution in [1.82, 2.24) is 19.5 Å². The summed E-state index contributed by atoms with van der Waals surface area (Å²) in [6.45, 7) is 2.88. The Hall–Kier alpha value is -2.47. The van der Waals surface area contributed by atoms with Crippen molar-refractivity contribution in [2.24, 2.45) is 0 Å². The molecule has 0 fully saturated rings. The minimum Gasteiger partial charge on any atom is -0.377 e. The van der Waals surface area contributed by atoms with Crippen LogP contribution in [0.4, 0.5) is 0 Å². The predicted molar refractivity (Wildman–Crippen MR) is 112 cm³/mol. The third-order valence-corrected chi connectivity index (χ3v) is 5.12. The van der Waals surface area contributed by atoms with E-state index in [1.807, 2.05) is 31.2 Å². The van der Waals surface area contributed by atoms with Crippen molar-refractivity contribution in [1.29, 1.82) is 0 Å². The van der Waals surface area contributed by atoms with Crippen molar-refractivity contribution in [3.05, 3.63) is 75.9 Å². The first-order valence-corrected chi connectivity index (χ1v) is 9.52. The largest absolute Gasteiger partial charge is 0.377 e. The lowest BCUT2D eigenvalue weighted by molar-refractivity contribution is 0.175. The van der Waals surface area contributed by atoms with E-state index in [4.69, 9.17) is 32.9 Å². The van der Waals surface area contributed by atoms with E-state index in [1.54, 1.807) is 31.6 Å². The van der Waals surface area contributed by atoms with Crippen LogP contribution in [-0.4, -0.2) is 26.6 Å². The average molecular weight is 413 g/mol. The standard InChI is InChI=1S/C21H18Cl2N4O/c1-13-7-14(5-6-24-13)18-9-20-19(10-25-18)26-21(12-28-2)27(20)11-15-8-16(22)3-4-17(15)23/h3-10H,11-12H2,1-2H3. The lowest BCUT2D eigenvalue weighted by Crippen LogP contribution is -2.06. The smallest absolute Gasteiger partial charge is 0.136 e. The number of nitrogens with zero attached hydrogens (tertiary/aromatic N) is 4. The van der Waals surface area contributed by atoms with Gasteiger partial charge < -0.3 is 9.30 Å². The summed E-state index contributed by atoms with van der Waals surface area (Å²) in [6.07, 6.45) is 3.58. The maximum absolute atomic E-state index is 6.40. The van der Waals surface area contributed by atoms with Gasteiger partial charge in [-0.05, 0) is 48.9 Å². The molecule has 0 spiro atoms. The molecule has 0 bridgehead atoms. The zero-order valence-corrected chi connectivity index (χ0v) is 17.0. The Morgan fingerprint density at radius 1 is 1.07 bits per heavy atom. The van der Waals surface area contributed by atoms with Crippen molar-refractivity contribution < 1.29 is 4.74 Å². The number of aromatic nitrogens is 4. The summed E-state index contributed by atoms with van der Waals surface area (Å²) >= 11 is 12.6. The lowest BCUT2D eigenvalue weighted by atomic mass is 10.1. The Bertz CT molecular complexity index is 1160. The second kappa shape index (κ2) is 7.87. The summed E-state index contributed by atoms with van der Waals surface area (Å²) in [6, 6.07) is 11.5. The van der Waals surface area contributed by atoms with Gasteiger partial charge in [-0.2, -0.15) is 0 Å². The number of halogens is 2. The normalized spacial score (nSPS) is 11.3. The quantitative estimate of drug-likeness (QED) is 0.445. The van der Waals surface area contributed by atoms with E-state index >= 15 is 0 Å². The molecule has 4 aromatic rings. The molecule has 4 rings (SSSR count). The van der Waals surface area contributed by atoms with Crippen molar-refractivity contribution in [3.8, 4) is 11.3 Å². The molecule has 5 nitrogen and oxygen atoms in total. The molecule has 0 N–H and O–H groups in total. The summed E-state index contributed by atoms with van der Waals surface area (Å²) in [7, 11) is 1.65. The molecule has 0 atom stereocenters. The first-order valence-electron chi connectivity index (χ1n) is 8.76. The summed E-state index contributed by atoms with van der Waals surface area (Å²) < 4.78 is 7.44. The number of ether oxygens (including phenoxy) is 1. The number of rotatable bonds is 5. The van der Waals surface area contributed by atoms with Gasteiger partial charge in [0.2, 0.25) is 0 Å². The monoisotopic (exact) mass is 412 g/mol. The first kappa shape index (κ1) is 18.9. The Morgan fingerprint density at radius 3 is 2.71 bits per heavy atom. The van der Waals surface area contributed by atoms with Crippen LogP contribution in [0.25, 0.3) is 22.3 Å². The molecular formula is C21H18Cl2N4O. The van der Waals surface area contributed by atoms with Gasteiger partial charge in [-0.1, -0.05) is 23.2 Å². The molecule has 3 heterocycles. The van der Waals surface area contributed by atoms with E-state index in [9.17, 15) is 0 Å². The lowest BCUT2D eigenvalue weighted by Gasteiger charge is -2.11. The molecule has 0 radical (unpaired) electrons. The molecule has 28 heavy (non-hydrogen) atoms. The van der Waals surface area contributed by atoms with E-state index in [-0.39, 0.29) is 0 Å². The van der Waals surface area contributed by atoms with Crippen molar-refractivity contribution in [2.45, 2.75) is 20.1 Å². The maximum atomic E-state index is 6.40. The zero-order valence-electron chi connectivity index (χ0n) is 15.5. The summed E-state index contributed by atoms with van der Waals surface area (Å²) in [4.78, 5) is 13.5. The highest BCUT2D eigenvalue weighted by Gasteiger charge is 2.15. The number of methoxy groups -OCH3 is 1. The molecule has 7 heteroatoms. The van der Waals surface area contributed by atoms with Gasteiger partial charge in [0.15, 0.2) is 0 Å². The van der Waals surface area contributed by atoms with Crippen LogP contribution in [0.15, 0.2) is 48.8 Å². The Morgan fingerprint density at radius 2 is 1.93 bits per heavy atom. The van der Waals surface area contributed by atoms with Gasteiger partial charge in [0.1, 0.15) is 17.9 Å². The number of hydrogen-bond donors (Lipinski definition) is 0. The van der Waals surface area contributed by atoms with Gasteiger partial charge in [-0.3, -0.25) is 9.97 Å². The zero-order chi connectivity index (χ0) is 19.7. The highest BCUT2D eigenvalue weighted by molar-refractivity contribution is 6.33. The number of benzene rings is 1. The van der Waals surface area contributed by atoms with Crippen LogP contribution in [0.2, 0.25) is 10.0 Å². The van der Waals surface area contributed by atoms with Crippen LogP contribution in [0, 0.1) is 6.92 Å². The van der Waals surface area contributed by atoms with Crippen LogP contribution in [0.5, 0.6) is 0 Å². The minimum absolute atomic E-state index is 0.385. The highest BCUT2D eigenvalue weighted by atomic mass is 35.5. The van der Waals surface area contributed by atoms with Crippen LogP contribution in [0.1, 0.15) is 17.1 Å². The second-order valence-corrected chi connectivity index (χ2v) is 7.37. The summed E-state index contributed by atoms with van der Waals surface area (Å²) in [5, 5.41) is 1.31. The van der Waals surface area contributed by atoms with E-state index < -0.39 is 0 Å². The van der Waals surface area contributed by atoms with Gasteiger partial charge in [0.25, 0.3) is 0 Å². The second-order valence-electron chi connectivity index (χ2n) is 6.53. The van der Waals surface area contributed by atoms with Crippen LogP contribution in [0.3, 0.4) is 0 Å². The SMILES string of the molecule is COCc1nc2cnc(-c3ccnc(C)c3)cc2n1Cc1cc(Cl)ccc1Cl. The van der Waals surface area contributed by atoms with E-state index in [2.05, 4.69) is 14.5 Å². The predicted octanol–water partition coefficient (Wildman–Crippen LogP) is 5.30. The third kappa shape index (κ3) is 3.74. The molecule has 3 aromatic heterocycles. The van der Waals surface area contributed by atoms with Crippen LogP contribution >= 0.6 is 23.2 Å². The van der Waals surface area contributed by atoms with Crippen LogP contribution < -0.4 is 0 Å². The van der Waals surface area contributed by atoms with Gasteiger partial charge in [0, 0.05) is 34.6 Å². The molecule has 1 aromatic carbocycles. The van der Waals surface area contributed by atoms with Crippen LogP contribution in [-0.2, 0) is 17.9 Å². The fraction of sp³-hybridized carbons (Fsp3) is 0.190. The number of pyridine rings is 2. The number of fused-ring (bicyclic) bond motifs is 1. The van der Waals surface area contributed by atoms with E-state index in [0.717, 1.165) is 39.4 Å². The molecular weight excluding hydrogens is 395 g/mol. The minimum atomic E-state index is 0.385. The molecule has 142 valence electrons. The van der Waals surface area contributed by atoms with Gasteiger partial charge in [-0.25, -0.2) is 4.98 Å². The van der Waals surface area contributed by atoms with E-state index in [1.165, 1.54) is 0 Å². The summed E-state index contributed by atoms with van der Waals surface area (Å²) in [5.41, 5.74) is 5.50. The van der Waals surface area contributed by atoms with Gasteiger partial charge in [-0.15, -0.1) is 0 Å². The highest BCUT2D eigenvalue weighted by Crippen LogP contribution is 2.27. The molecule has 0 saturated carbocycles. The Kier molecular flexibility index (Phi) is 5.31. The molecule has 0 amide bonds. The van der Waals surface area contributed by atoms with Crippen molar-refractivity contribution >= 4 is 34.2 Å². The molecule has 0 saturated heterocycles. The fourth-order valence-electron chi connectivity index (χ4n) is 3.19. The molecule has 0 aliphatic rings. The molecule has 0 aliphatic carbocycles. The van der Waals surface area contributed by atoms with Gasteiger partial charge in [0.05, 0.1) is 24.0 Å². The molecule has 0 unspecified atom stereocenters. The van der Waals surface area contributed by atoms with Crippen molar-refractivity contribution in [3.63, 3.8) is 0 Å². The maximum Gasteiger partial charge on any atom is 0.136 e. The Labute approximate surface area is 172 Å². The third-order valence-electron chi connectivity index (χ3n) is 4.52. The molecule has 0 aliphatic heterocycles. The topological polar surface area (TPSA) is 52.8 Å². The average Bonchev–Trinajstić information content (AvgIpc) is 3.01. The van der Waals surface area contributed by atoms with Crippen molar-refractivity contribution in [2.75, 3.05) is 7.11 Å². The number of hydrogen-bond acceptors (Lipinski definition) is 4. The van der Waals surface area contributed by atoms with E-state index in [0.29, 0.717) is 23.2 Å².